The largest absolute Gasteiger partial charge is 0.314 e. The van der Waals surface area contributed by atoms with Crippen LogP contribution in [0.15, 0.2) is 42.5 Å². The van der Waals surface area contributed by atoms with E-state index < -0.39 is 5.82 Å². The van der Waals surface area contributed by atoms with Crippen molar-refractivity contribution in [2.45, 2.75) is 6.54 Å². The van der Waals surface area contributed by atoms with Gasteiger partial charge in [-0.25, -0.2) is 8.78 Å². The van der Waals surface area contributed by atoms with Crippen LogP contribution in [0.2, 0.25) is 0 Å². The molecule has 21 heavy (non-hydrogen) atoms. The van der Waals surface area contributed by atoms with Gasteiger partial charge in [0, 0.05) is 43.9 Å². The first-order valence-corrected chi connectivity index (χ1v) is 7.20. The zero-order valence-electron chi connectivity index (χ0n) is 11.8. The molecule has 0 radical (unpaired) electrons. The van der Waals surface area contributed by atoms with Crippen molar-refractivity contribution in [3.05, 3.63) is 59.7 Å². The molecule has 0 atom stereocenters. The Morgan fingerprint density at radius 3 is 2.38 bits per heavy atom. The summed E-state index contributed by atoms with van der Waals surface area (Å²) in [6.45, 7) is 4.67. The van der Waals surface area contributed by atoms with Gasteiger partial charge >= 0.3 is 0 Å². The lowest BCUT2D eigenvalue weighted by molar-refractivity contribution is 0.233. The minimum absolute atomic E-state index is 0.317. The van der Waals surface area contributed by atoms with E-state index in [0.29, 0.717) is 11.1 Å². The predicted molar refractivity (Wildman–Crippen MR) is 79.9 cm³/mol. The molecular weight excluding hydrogens is 270 g/mol. The molecule has 110 valence electrons. The van der Waals surface area contributed by atoms with Crippen molar-refractivity contribution in [1.29, 1.82) is 0 Å². The Bertz CT molecular complexity index is 622. The van der Waals surface area contributed by atoms with Crippen LogP contribution < -0.4 is 5.32 Å². The summed E-state index contributed by atoms with van der Waals surface area (Å²) in [6.07, 6.45) is 0. The van der Waals surface area contributed by atoms with Crippen LogP contribution in [0.3, 0.4) is 0 Å². The maximum atomic E-state index is 14.0. The molecule has 0 aromatic heterocycles. The van der Waals surface area contributed by atoms with Gasteiger partial charge < -0.3 is 5.32 Å². The van der Waals surface area contributed by atoms with E-state index in [1.54, 1.807) is 30.3 Å². The van der Waals surface area contributed by atoms with Crippen LogP contribution in [0.25, 0.3) is 11.1 Å². The second kappa shape index (κ2) is 6.33. The van der Waals surface area contributed by atoms with E-state index in [9.17, 15) is 8.78 Å². The van der Waals surface area contributed by atoms with Gasteiger partial charge in [-0.2, -0.15) is 0 Å². The number of rotatable bonds is 3. The molecule has 2 nitrogen and oxygen atoms in total. The molecular formula is C17H18F2N2. The van der Waals surface area contributed by atoms with Gasteiger partial charge in [0.2, 0.25) is 0 Å². The highest BCUT2D eigenvalue weighted by molar-refractivity contribution is 5.65. The van der Waals surface area contributed by atoms with Gasteiger partial charge in [0.25, 0.3) is 0 Å². The molecule has 0 saturated carbocycles. The number of nitrogens with zero attached hydrogens (tertiary/aromatic N) is 1. The van der Waals surface area contributed by atoms with Crippen LogP contribution in [-0.4, -0.2) is 31.1 Å². The Labute approximate surface area is 123 Å². The fourth-order valence-electron chi connectivity index (χ4n) is 2.68. The molecule has 1 heterocycles. The Balaban J connectivity index is 1.87. The lowest BCUT2D eigenvalue weighted by Crippen LogP contribution is -2.42. The Kier molecular flexibility index (Phi) is 4.27. The highest BCUT2D eigenvalue weighted by Crippen LogP contribution is 2.26. The number of benzene rings is 2. The second-order valence-corrected chi connectivity index (χ2v) is 5.32. The third kappa shape index (κ3) is 3.28. The Morgan fingerprint density at radius 1 is 0.905 bits per heavy atom. The first kappa shape index (κ1) is 14.2. The first-order chi connectivity index (χ1) is 10.2. The lowest BCUT2D eigenvalue weighted by Gasteiger charge is -2.27. The zero-order valence-corrected chi connectivity index (χ0v) is 11.8. The quantitative estimate of drug-likeness (QED) is 0.934. The van der Waals surface area contributed by atoms with Gasteiger partial charge in [0.05, 0.1) is 0 Å². The van der Waals surface area contributed by atoms with E-state index in [1.807, 2.05) is 0 Å². The van der Waals surface area contributed by atoms with E-state index in [1.165, 1.54) is 12.1 Å². The number of hydrogen-bond donors (Lipinski definition) is 1. The van der Waals surface area contributed by atoms with Crippen LogP contribution in [0, 0.1) is 11.6 Å². The highest BCUT2D eigenvalue weighted by atomic mass is 19.1. The smallest absolute Gasteiger partial charge is 0.131 e. The highest BCUT2D eigenvalue weighted by Gasteiger charge is 2.13. The molecule has 0 unspecified atom stereocenters. The molecule has 2 aromatic rings. The Hall–Kier alpha value is -1.78. The van der Waals surface area contributed by atoms with Crippen molar-refractivity contribution < 1.29 is 8.78 Å². The maximum Gasteiger partial charge on any atom is 0.131 e. The average molecular weight is 288 g/mol. The van der Waals surface area contributed by atoms with Gasteiger partial charge in [-0.3, -0.25) is 4.90 Å². The number of piperazine rings is 1. The number of nitrogens with one attached hydrogen (secondary N) is 1. The third-order valence-corrected chi connectivity index (χ3v) is 3.81. The predicted octanol–water partition coefficient (Wildman–Crippen LogP) is 3.04. The third-order valence-electron chi connectivity index (χ3n) is 3.81. The van der Waals surface area contributed by atoms with Gasteiger partial charge in [-0.1, -0.05) is 24.3 Å². The summed E-state index contributed by atoms with van der Waals surface area (Å²) in [7, 11) is 0. The molecule has 1 N–H and O–H groups in total. The summed E-state index contributed by atoms with van der Waals surface area (Å²) >= 11 is 0. The van der Waals surface area contributed by atoms with Gasteiger partial charge in [0.15, 0.2) is 0 Å². The molecule has 4 heteroatoms. The zero-order chi connectivity index (χ0) is 14.7. The van der Waals surface area contributed by atoms with Crippen molar-refractivity contribution in [2.75, 3.05) is 26.2 Å². The van der Waals surface area contributed by atoms with Crippen LogP contribution in [0.1, 0.15) is 5.56 Å². The standard InChI is InChI=1S/C17H18F2N2/c18-16-4-2-1-3-14(16)15-11-13(5-6-17(15)19)12-21-9-7-20-8-10-21/h1-6,11,20H,7-10,12H2. The summed E-state index contributed by atoms with van der Waals surface area (Å²) in [4.78, 5) is 2.31. The van der Waals surface area contributed by atoms with Crippen LogP contribution >= 0.6 is 0 Å². The molecule has 3 rings (SSSR count). The van der Waals surface area contributed by atoms with Gasteiger partial charge in [-0.15, -0.1) is 0 Å². The summed E-state index contributed by atoms with van der Waals surface area (Å²) in [6, 6.07) is 11.3. The fraction of sp³-hybridized carbons (Fsp3) is 0.294. The van der Waals surface area contributed by atoms with Crippen molar-refractivity contribution in [1.82, 2.24) is 10.2 Å². The molecule has 2 aromatic carbocycles. The van der Waals surface area contributed by atoms with E-state index in [-0.39, 0.29) is 5.82 Å². The van der Waals surface area contributed by atoms with E-state index in [0.717, 1.165) is 38.3 Å². The second-order valence-electron chi connectivity index (χ2n) is 5.32. The minimum atomic E-state index is -0.393. The molecule has 1 aliphatic heterocycles. The normalized spacial score (nSPS) is 16.1. The molecule has 0 spiro atoms. The van der Waals surface area contributed by atoms with Gasteiger partial charge in [0.1, 0.15) is 11.6 Å². The van der Waals surface area contributed by atoms with Crippen molar-refractivity contribution in [3.8, 4) is 11.1 Å². The van der Waals surface area contributed by atoms with Crippen molar-refractivity contribution in [3.63, 3.8) is 0 Å². The number of halogens is 2. The van der Waals surface area contributed by atoms with Gasteiger partial charge in [-0.05, 0) is 23.8 Å². The lowest BCUT2D eigenvalue weighted by atomic mass is 10.0. The van der Waals surface area contributed by atoms with Crippen LogP contribution in [0.4, 0.5) is 8.78 Å². The van der Waals surface area contributed by atoms with E-state index >= 15 is 0 Å². The average Bonchev–Trinajstić information content (AvgIpc) is 2.51. The maximum absolute atomic E-state index is 14.0. The first-order valence-electron chi connectivity index (χ1n) is 7.20. The number of hydrogen-bond acceptors (Lipinski definition) is 2. The topological polar surface area (TPSA) is 15.3 Å². The van der Waals surface area contributed by atoms with Crippen molar-refractivity contribution >= 4 is 0 Å². The summed E-state index contributed by atoms with van der Waals surface area (Å²) in [5.41, 5.74) is 1.66. The SMILES string of the molecule is Fc1ccccc1-c1cc(CN2CCNCC2)ccc1F. The van der Waals surface area contributed by atoms with E-state index in [2.05, 4.69) is 10.2 Å². The molecule has 0 bridgehead atoms. The van der Waals surface area contributed by atoms with E-state index in [4.69, 9.17) is 0 Å². The summed E-state index contributed by atoms with van der Waals surface area (Å²) < 4.78 is 27.9. The molecule has 1 aliphatic rings. The fourth-order valence-corrected chi connectivity index (χ4v) is 2.68. The molecule has 0 aliphatic carbocycles. The molecule has 1 saturated heterocycles. The van der Waals surface area contributed by atoms with Crippen molar-refractivity contribution in [2.24, 2.45) is 0 Å². The minimum Gasteiger partial charge on any atom is -0.314 e. The molecule has 0 amide bonds. The molecule has 1 fully saturated rings. The summed E-state index contributed by atoms with van der Waals surface area (Å²) in [5.74, 6) is -0.778. The van der Waals surface area contributed by atoms with Crippen LogP contribution in [0.5, 0.6) is 0 Å². The summed E-state index contributed by atoms with van der Waals surface area (Å²) in [5, 5.41) is 3.30. The monoisotopic (exact) mass is 288 g/mol. The van der Waals surface area contributed by atoms with Crippen LogP contribution in [-0.2, 0) is 6.54 Å². The Morgan fingerprint density at radius 2 is 1.62 bits per heavy atom.